The van der Waals surface area contributed by atoms with Gasteiger partial charge in [0.25, 0.3) is 0 Å². The molecule has 4 nitrogen and oxygen atoms in total. The smallest absolute Gasteiger partial charge is 0.150 e. The molecule has 1 aliphatic heterocycles. The third kappa shape index (κ3) is 3.74. The van der Waals surface area contributed by atoms with Crippen LogP contribution in [0.3, 0.4) is 0 Å². The Bertz CT molecular complexity index is 307. The normalized spacial score (nSPS) is 27.9. The second-order valence-corrected chi connectivity index (χ2v) is 7.13. The Labute approximate surface area is 91.6 Å². The van der Waals surface area contributed by atoms with E-state index < -0.39 is 21.5 Å². The van der Waals surface area contributed by atoms with Gasteiger partial charge in [0.1, 0.15) is 0 Å². The van der Waals surface area contributed by atoms with Gasteiger partial charge in [0, 0.05) is 13.5 Å². The van der Waals surface area contributed by atoms with Gasteiger partial charge in [-0.1, -0.05) is 0 Å². The van der Waals surface area contributed by atoms with Crippen molar-refractivity contribution in [1.29, 1.82) is 0 Å². The Kier molecular flexibility index (Phi) is 3.79. The minimum Gasteiger partial charge on any atom is -0.393 e. The Hall–Kier alpha value is -0.130. The standard InChI is InChI=1S/C10H20O4S/c1-10(2,14-3)6-9(11)8-4-5-15(12,13)7-8/h8-9,11H,4-7H2,1-3H3. The van der Waals surface area contributed by atoms with E-state index in [1.165, 1.54) is 0 Å². The van der Waals surface area contributed by atoms with Gasteiger partial charge in [0.05, 0.1) is 23.2 Å². The number of sulfone groups is 1. The maximum absolute atomic E-state index is 11.2. The predicted octanol–water partition coefficient (Wildman–Crippen LogP) is 0.597. The molecule has 1 heterocycles. The SMILES string of the molecule is COC(C)(C)CC(O)C1CCS(=O)(=O)C1. The van der Waals surface area contributed by atoms with Crippen LogP contribution >= 0.6 is 0 Å². The van der Waals surface area contributed by atoms with Crippen molar-refractivity contribution in [3.05, 3.63) is 0 Å². The van der Waals surface area contributed by atoms with Crippen molar-refractivity contribution >= 4 is 9.84 Å². The van der Waals surface area contributed by atoms with Crippen LogP contribution in [-0.2, 0) is 14.6 Å². The summed E-state index contributed by atoms with van der Waals surface area (Å²) in [5.74, 6) is 0.209. The van der Waals surface area contributed by atoms with E-state index in [1.807, 2.05) is 13.8 Å². The van der Waals surface area contributed by atoms with E-state index >= 15 is 0 Å². The molecule has 15 heavy (non-hydrogen) atoms. The van der Waals surface area contributed by atoms with E-state index in [2.05, 4.69) is 0 Å². The molecule has 0 saturated carbocycles. The van der Waals surface area contributed by atoms with Crippen LogP contribution in [0.1, 0.15) is 26.7 Å². The minimum absolute atomic E-state index is 0.119. The molecule has 1 fully saturated rings. The zero-order valence-electron chi connectivity index (χ0n) is 9.56. The summed E-state index contributed by atoms with van der Waals surface area (Å²) in [7, 11) is -1.31. The van der Waals surface area contributed by atoms with E-state index in [-0.39, 0.29) is 17.4 Å². The molecule has 90 valence electrons. The van der Waals surface area contributed by atoms with Gasteiger partial charge in [-0.15, -0.1) is 0 Å². The fourth-order valence-corrected chi connectivity index (χ4v) is 3.75. The molecule has 0 aromatic rings. The fourth-order valence-electron chi connectivity index (χ4n) is 1.88. The van der Waals surface area contributed by atoms with Crippen molar-refractivity contribution in [3.63, 3.8) is 0 Å². The predicted molar refractivity (Wildman–Crippen MR) is 58.5 cm³/mol. The number of hydrogen-bond acceptors (Lipinski definition) is 4. The molecule has 5 heteroatoms. The van der Waals surface area contributed by atoms with Crippen molar-refractivity contribution in [2.45, 2.75) is 38.4 Å². The highest BCUT2D eigenvalue weighted by Gasteiger charge is 2.35. The van der Waals surface area contributed by atoms with Crippen LogP contribution in [0.2, 0.25) is 0 Å². The molecular formula is C10H20O4S. The summed E-state index contributed by atoms with van der Waals surface area (Å²) >= 11 is 0. The summed E-state index contributed by atoms with van der Waals surface area (Å²) in [5, 5.41) is 9.90. The number of methoxy groups -OCH3 is 1. The quantitative estimate of drug-likeness (QED) is 0.776. The molecule has 1 saturated heterocycles. The fraction of sp³-hybridized carbons (Fsp3) is 1.00. The average Bonchev–Trinajstić information content (AvgIpc) is 2.45. The van der Waals surface area contributed by atoms with Crippen molar-refractivity contribution in [1.82, 2.24) is 0 Å². The summed E-state index contributed by atoms with van der Waals surface area (Å²) in [5.41, 5.74) is -0.397. The third-order valence-electron chi connectivity index (χ3n) is 3.07. The molecule has 1 N–H and O–H groups in total. The van der Waals surface area contributed by atoms with Crippen LogP contribution in [0.4, 0.5) is 0 Å². The molecule has 0 bridgehead atoms. The van der Waals surface area contributed by atoms with E-state index in [0.717, 1.165) is 0 Å². The number of hydrogen-bond donors (Lipinski definition) is 1. The van der Waals surface area contributed by atoms with Crippen molar-refractivity contribution in [2.75, 3.05) is 18.6 Å². The van der Waals surface area contributed by atoms with E-state index in [0.29, 0.717) is 12.8 Å². The first kappa shape index (κ1) is 12.9. The first-order valence-electron chi connectivity index (χ1n) is 5.19. The topological polar surface area (TPSA) is 63.6 Å². The lowest BCUT2D eigenvalue weighted by molar-refractivity contribution is -0.0313. The van der Waals surface area contributed by atoms with Gasteiger partial charge in [0.2, 0.25) is 0 Å². The molecule has 2 atom stereocenters. The van der Waals surface area contributed by atoms with Gasteiger partial charge in [-0.25, -0.2) is 8.42 Å². The van der Waals surface area contributed by atoms with Crippen LogP contribution in [0, 0.1) is 5.92 Å². The molecule has 2 unspecified atom stereocenters. The van der Waals surface area contributed by atoms with E-state index in [1.54, 1.807) is 7.11 Å². The van der Waals surface area contributed by atoms with Gasteiger partial charge in [-0.05, 0) is 26.2 Å². The monoisotopic (exact) mass is 236 g/mol. The van der Waals surface area contributed by atoms with E-state index in [9.17, 15) is 13.5 Å². The van der Waals surface area contributed by atoms with E-state index in [4.69, 9.17) is 4.74 Å². The minimum atomic E-state index is -2.90. The summed E-state index contributed by atoms with van der Waals surface area (Å²) < 4.78 is 27.7. The van der Waals surface area contributed by atoms with Crippen molar-refractivity contribution in [2.24, 2.45) is 5.92 Å². The maximum atomic E-state index is 11.2. The number of aliphatic hydroxyl groups is 1. The van der Waals surface area contributed by atoms with Crippen LogP contribution in [0.5, 0.6) is 0 Å². The maximum Gasteiger partial charge on any atom is 0.150 e. The second-order valence-electron chi connectivity index (χ2n) is 4.90. The zero-order chi connectivity index (χ0) is 11.7. The number of rotatable bonds is 4. The number of ether oxygens (including phenoxy) is 1. The van der Waals surface area contributed by atoms with Crippen LogP contribution in [-0.4, -0.2) is 43.8 Å². The molecule has 0 aromatic heterocycles. The molecule has 0 radical (unpaired) electrons. The van der Waals surface area contributed by atoms with Crippen LogP contribution in [0.15, 0.2) is 0 Å². The molecule has 0 aliphatic carbocycles. The molecule has 0 aromatic carbocycles. The number of aliphatic hydroxyl groups excluding tert-OH is 1. The second kappa shape index (κ2) is 4.39. The van der Waals surface area contributed by atoms with Crippen molar-refractivity contribution < 1.29 is 18.3 Å². The van der Waals surface area contributed by atoms with Gasteiger partial charge < -0.3 is 9.84 Å². The first-order valence-corrected chi connectivity index (χ1v) is 7.01. The highest BCUT2D eigenvalue weighted by atomic mass is 32.2. The Morgan fingerprint density at radius 2 is 2.13 bits per heavy atom. The largest absolute Gasteiger partial charge is 0.393 e. The highest BCUT2D eigenvalue weighted by molar-refractivity contribution is 7.91. The Balaban J connectivity index is 2.53. The molecule has 0 amide bonds. The highest BCUT2D eigenvalue weighted by Crippen LogP contribution is 2.27. The summed E-state index contributed by atoms with van der Waals surface area (Å²) in [6.07, 6.45) is 0.463. The molecule has 1 rings (SSSR count). The lowest BCUT2D eigenvalue weighted by Crippen LogP contribution is -2.33. The molecular weight excluding hydrogens is 216 g/mol. The van der Waals surface area contributed by atoms with Gasteiger partial charge in [-0.3, -0.25) is 0 Å². The average molecular weight is 236 g/mol. The first-order chi connectivity index (χ1) is 6.76. The van der Waals surface area contributed by atoms with Gasteiger partial charge in [-0.2, -0.15) is 0 Å². The van der Waals surface area contributed by atoms with Crippen LogP contribution in [0.25, 0.3) is 0 Å². The van der Waals surface area contributed by atoms with Gasteiger partial charge in [0.15, 0.2) is 9.84 Å². The third-order valence-corrected chi connectivity index (χ3v) is 4.86. The molecule has 1 aliphatic rings. The summed E-state index contributed by atoms with van der Waals surface area (Å²) in [6.45, 7) is 3.78. The Morgan fingerprint density at radius 1 is 1.53 bits per heavy atom. The summed E-state index contributed by atoms with van der Waals surface area (Å²) in [6, 6.07) is 0. The summed E-state index contributed by atoms with van der Waals surface area (Å²) in [4.78, 5) is 0. The van der Waals surface area contributed by atoms with Gasteiger partial charge >= 0.3 is 0 Å². The zero-order valence-corrected chi connectivity index (χ0v) is 10.4. The lowest BCUT2D eigenvalue weighted by atomic mass is 9.91. The molecule has 0 spiro atoms. The van der Waals surface area contributed by atoms with Crippen LogP contribution < -0.4 is 0 Å². The Morgan fingerprint density at radius 3 is 2.53 bits per heavy atom. The van der Waals surface area contributed by atoms with Crippen molar-refractivity contribution in [3.8, 4) is 0 Å². The lowest BCUT2D eigenvalue weighted by Gasteiger charge is -2.28.